The van der Waals surface area contributed by atoms with E-state index in [-0.39, 0.29) is 0 Å². The second kappa shape index (κ2) is 4.14. The number of nitrogens with two attached hydrogens (primary N) is 1. The van der Waals surface area contributed by atoms with Crippen LogP contribution in [0.15, 0.2) is 24.4 Å². The largest absolute Gasteiger partial charge is 0.480 e. The predicted octanol–water partition coefficient (Wildman–Crippen LogP) is 2.00. The molecule has 1 aromatic heterocycles. The van der Waals surface area contributed by atoms with E-state index in [0.29, 0.717) is 6.42 Å². The first-order valence-corrected chi connectivity index (χ1v) is 6.23. The molecule has 1 aliphatic carbocycles. The van der Waals surface area contributed by atoms with Gasteiger partial charge in [0.15, 0.2) is 0 Å². The second-order valence-corrected chi connectivity index (χ2v) is 5.04. The van der Waals surface area contributed by atoms with E-state index in [1.807, 2.05) is 6.20 Å². The zero-order valence-electron chi connectivity index (χ0n) is 10.0. The molecule has 18 heavy (non-hydrogen) atoms. The van der Waals surface area contributed by atoms with Crippen molar-refractivity contribution < 1.29 is 9.90 Å². The van der Waals surface area contributed by atoms with E-state index < -0.39 is 12.0 Å². The smallest absolute Gasteiger partial charge is 0.320 e. The molecule has 1 aromatic carbocycles. The molecule has 4 nitrogen and oxygen atoms in total. The lowest BCUT2D eigenvalue weighted by atomic mass is 10.0. The Hall–Kier alpha value is -1.81. The van der Waals surface area contributed by atoms with Crippen LogP contribution in [0.5, 0.6) is 0 Å². The number of H-pyrrole nitrogens is 1. The number of hydrogen-bond donors (Lipinski definition) is 3. The van der Waals surface area contributed by atoms with E-state index in [0.717, 1.165) is 22.4 Å². The topological polar surface area (TPSA) is 79.1 Å². The molecule has 3 rings (SSSR count). The highest BCUT2D eigenvalue weighted by Crippen LogP contribution is 2.41. The standard InChI is InChI=1S/C14H16N2O2/c15-12(14(17)18)5-10-7-16-13-6-9(8-1-2-8)3-4-11(10)13/h3-4,6-8,12,16H,1-2,5,15H2,(H,17,18). The first-order valence-electron chi connectivity index (χ1n) is 6.23. The maximum absolute atomic E-state index is 10.8. The number of rotatable bonds is 4. The lowest BCUT2D eigenvalue weighted by molar-refractivity contribution is -0.138. The summed E-state index contributed by atoms with van der Waals surface area (Å²) in [6.45, 7) is 0. The Kier molecular flexibility index (Phi) is 2.59. The molecular formula is C14H16N2O2. The van der Waals surface area contributed by atoms with Crippen LogP contribution in [0, 0.1) is 0 Å². The van der Waals surface area contributed by atoms with Crippen LogP contribution in [-0.2, 0) is 11.2 Å². The molecule has 1 unspecified atom stereocenters. The van der Waals surface area contributed by atoms with Crippen LogP contribution in [-0.4, -0.2) is 22.1 Å². The van der Waals surface area contributed by atoms with Crippen molar-refractivity contribution in [2.45, 2.75) is 31.2 Å². The molecule has 1 saturated carbocycles. The van der Waals surface area contributed by atoms with E-state index >= 15 is 0 Å². The summed E-state index contributed by atoms with van der Waals surface area (Å²) >= 11 is 0. The molecule has 0 bridgehead atoms. The Morgan fingerprint density at radius 2 is 2.28 bits per heavy atom. The first kappa shape index (κ1) is 11.3. The fraction of sp³-hybridized carbons (Fsp3) is 0.357. The second-order valence-electron chi connectivity index (χ2n) is 5.04. The quantitative estimate of drug-likeness (QED) is 0.769. The van der Waals surface area contributed by atoms with Crippen molar-refractivity contribution in [3.63, 3.8) is 0 Å². The Bertz CT molecular complexity index is 599. The van der Waals surface area contributed by atoms with Gasteiger partial charge in [0, 0.05) is 23.5 Å². The molecule has 0 amide bonds. The van der Waals surface area contributed by atoms with Crippen LogP contribution in [0.3, 0.4) is 0 Å². The van der Waals surface area contributed by atoms with Crippen molar-refractivity contribution in [2.24, 2.45) is 5.73 Å². The van der Waals surface area contributed by atoms with Crippen molar-refractivity contribution in [1.29, 1.82) is 0 Å². The fourth-order valence-electron chi connectivity index (χ4n) is 2.37. The lowest BCUT2D eigenvalue weighted by Gasteiger charge is -2.05. The van der Waals surface area contributed by atoms with Crippen LogP contribution in [0.2, 0.25) is 0 Å². The number of carboxylic acids is 1. The Morgan fingerprint density at radius 3 is 2.94 bits per heavy atom. The van der Waals surface area contributed by atoms with Gasteiger partial charge >= 0.3 is 5.97 Å². The van der Waals surface area contributed by atoms with E-state index in [4.69, 9.17) is 10.8 Å². The molecule has 0 saturated heterocycles. The molecule has 1 heterocycles. The highest BCUT2D eigenvalue weighted by Gasteiger charge is 2.24. The van der Waals surface area contributed by atoms with Crippen molar-refractivity contribution in [3.8, 4) is 0 Å². The average Bonchev–Trinajstić information content (AvgIpc) is 3.13. The summed E-state index contributed by atoms with van der Waals surface area (Å²) in [5, 5.41) is 9.92. The van der Waals surface area contributed by atoms with Gasteiger partial charge in [-0.3, -0.25) is 4.79 Å². The normalized spacial score (nSPS) is 16.9. The highest BCUT2D eigenvalue weighted by molar-refractivity contribution is 5.85. The zero-order chi connectivity index (χ0) is 12.7. The van der Waals surface area contributed by atoms with Crippen LogP contribution in [0.25, 0.3) is 10.9 Å². The average molecular weight is 244 g/mol. The Labute approximate surface area is 105 Å². The van der Waals surface area contributed by atoms with E-state index in [1.54, 1.807) is 0 Å². The van der Waals surface area contributed by atoms with E-state index in [1.165, 1.54) is 18.4 Å². The van der Waals surface area contributed by atoms with Gasteiger partial charge in [0.25, 0.3) is 0 Å². The van der Waals surface area contributed by atoms with E-state index in [9.17, 15) is 4.79 Å². The van der Waals surface area contributed by atoms with Gasteiger partial charge < -0.3 is 15.8 Å². The van der Waals surface area contributed by atoms with Gasteiger partial charge in [0.05, 0.1) is 0 Å². The minimum atomic E-state index is -0.959. The minimum Gasteiger partial charge on any atom is -0.480 e. The maximum atomic E-state index is 10.8. The van der Waals surface area contributed by atoms with Gasteiger partial charge in [-0.15, -0.1) is 0 Å². The van der Waals surface area contributed by atoms with Crippen molar-refractivity contribution in [3.05, 3.63) is 35.5 Å². The zero-order valence-corrected chi connectivity index (χ0v) is 10.0. The molecule has 94 valence electrons. The summed E-state index contributed by atoms with van der Waals surface area (Å²) in [4.78, 5) is 14.0. The van der Waals surface area contributed by atoms with Crippen LogP contribution in [0.1, 0.15) is 29.9 Å². The van der Waals surface area contributed by atoms with Crippen molar-refractivity contribution in [1.82, 2.24) is 4.98 Å². The predicted molar refractivity (Wildman–Crippen MR) is 69.6 cm³/mol. The molecule has 0 radical (unpaired) electrons. The van der Waals surface area contributed by atoms with Crippen LogP contribution in [0.4, 0.5) is 0 Å². The van der Waals surface area contributed by atoms with Crippen molar-refractivity contribution in [2.75, 3.05) is 0 Å². The molecule has 0 spiro atoms. The van der Waals surface area contributed by atoms with Crippen LogP contribution >= 0.6 is 0 Å². The number of aromatic amines is 1. The monoisotopic (exact) mass is 244 g/mol. The number of benzene rings is 1. The number of nitrogens with one attached hydrogen (secondary N) is 1. The SMILES string of the molecule is NC(Cc1c[nH]c2cc(C3CC3)ccc12)C(=O)O. The van der Waals surface area contributed by atoms with Gasteiger partial charge in [-0.25, -0.2) is 0 Å². The number of carboxylic acid groups (broad SMARTS) is 1. The first-order chi connectivity index (χ1) is 8.65. The number of aliphatic carboxylic acids is 1. The lowest BCUT2D eigenvalue weighted by Crippen LogP contribution is -2.32. The fourth-order valence-corrected chi connectivity index (χ4v) is 2.37. The summed E-state index contributed by atoms with van der Waals surface area (Å²) < 4.78 is 0. The molecule has 1 atom stereocenters. The highest BCUT2D eigenvalue weighted by atomic mass is 16.4. The summed E-state index contributed by atoms with van der Waals surface area (Å²) in [7, 11) is 0. The molecule has 2 aromatic rings. The van der Waals surface area contributed by atoms with Crippen molar-refractivity contribution >= 4 is 16.9 Å². The molecule has 1 fully saturated rings. The number of fused-ring (bicyclic) bond motifs is 1. The molecule has 4 N–H and O–H groups in total. The third kappa shape index (κ3) is 1.99. The van der Waals surface area contributed by atoms with Gasteiger partial charge in [-0.2, -0.15) is 0 Å². The number of aromatic nitrogens is 1. The third-order valence-electron chi connectivity index (χ3n) is 3.60. The molecule has 0 aliphatic heterocycles. The van der Waals surface area contributed by atoms with Gasteiger partial charge in [0.2, 0.25) is 0 Å². The molecule has 4 heteroatoms. The number of carbonyl (C=O) groups is 1. The number of hydrogen-bond acceptors (Lipinski definition) is 2. The summed E-state index contributed by atoms with van der Waals surface area (Å²) in [5.41, 5.74) is 9.00. The van der Waals surface area contributed by atoms with Gasteiger partial charge in [0.1, 0.15) is 6.04 Å². The minimum absolute atomic E-state index is 0.359. The van der Waals surface area contributed by atoms with Gasteiger partial charge in [-0.1, -0.05) is 12.1 Å². The molecule has 1 aliphatic rings. The summed E-state index contributed by atoms with van der Waals surface area (Å²) in [5.74, 6) is -0.235. The maximum Gasteiger partial charge on any atom is 0.320 e. The summed E-state index contributed by atoms with van der Waals surface area (Å²) in [6.07, 6.45) is 4.79. The Morgan fingerprint density at radius 1 is 1.50 bits per heavy atom. The Balaban J connectivity index is 1.91. The third-order valence-corrected chi connectivity index (χ3v) is 3.60. The van der Waals surface area contributed by atoms with Crippen LogP contribution < -0.4 is 5.73 Å². The van der Waals surface area contributed by atoms with Gasteiger partial charge in [-0.05, 0) is 36.0 Å². The molecular weight excluding hydrogens is 228 g/mol. The summed E-state index contributed by atoms with van der Waals surface area (Å²) in [6, 6.07) is 5.54. The van der Waals surface area contributed by atoms with E-state index in [2.05, 4.69) is 23.2 Å².